The lowest BCUT2D eigenvalue weighted by Gasteiger charge is -2.55. The van der Waals surface area contributed by atoms with E-state index in [4.69, 9.17) is 0 Å². The normalized spacial score (nSPS) is 42.6. The highest BCUT2D eigenvalue weighted by Crippen LogP contribution is 2.59. The van der Waals surface area contributed by atoms with E-state index >= 15 is 0 Å². The highest BCUT2D eigenvalue weighted by molar-refractivity contribution is 5.86. The summed E-state index contributed by atoms with van der Waals surface area (Å²) in [6.07, 6.45) is 5.95. The maximum atomic E-state index is 12.4. The van der Waals surface area contributed by atoms with Gasteiger partial charge in [-0.25, -0.2) is 0 Å². The van der Waals surface area contributed by atoms with Crippen molar-refractivity contribution in [1.29, 1.82) is 0 Å². The molecule has 2 fully saturated rings. The topological polar surface area (TPSA) is 37.3 Å². The molecule has 0 aliphatic heterocycles. The number of Topliss-reactive ketones (excluding diaryl/α,β-unsaturated/α-hetero) is 1. The van der Waals surface area contributed by atoms with E-state index in [0.29, 0.717) is 17.6 Å². The first-order chi connectivity index (χ1) is 7.95. The number of aliphatic hydroxyl groups is 1. The van der Waals surface area contributed by atoms with Crippen molar-refractivity contribution in [3.8, 4) is 0 Å². The van der Waals surface area contributed by atoms with Gasteiger partial charge in [-0.3, -0.25) is 4.79 Å². The van der Waals surface area contributed by atoms with Gasteiger partial charge in [-0.15, -0.1) is 0 Å². The first-order valence-electron chi connectivity index (χ1n) is 7.09. The molecule has 0 spiro atoms. The Morgan fingerprint density at radius 1 is 1.41 bits per heavy atom. The largest absolute Gasteiger partial charge is 0.396 e. The molecule has 0 aromatic carbocycles. The summed E-state index contributed by atoms with van der Waals surface area (Å²) in [5.74, 6) is 1.71. The average Bonchev–Trinajstić information content (AvgIpc) is 2.30. The van der Waals surface area contributed by atoms with Gasteiger partial charge in [0, 0.05) is 23.9 Å². The average molecular weight is 238 g/mol. The quantitative estimate of drug-likeness (QED) is 0.802. The maximum Gasteiger partial charge on any atom is 0.139 e. The van der Waals surface area contributed by atoms with Gasteiger partial charge in [-0.05, 0) is 43.9 Å². The smallest absolute Gasteiger partial charge is 0.139 e. The lowest BCUT2D eigenvalue weighted by molar-refractivity contribution is -0.155. The Morgan fingerprint density at radius 3 is 2.71 bits per heavy atom. The predicted molar refractivity (Wildman–Crippen MR) is 68.7 cm³/mol. The molecule has 0 saturated heterocycles. The minimum atomic E-state index is -0.257. The fourth-order valence-corrected chi connectivity index (χ4v) is 4.16. The van der Waals surface area contributed by atoms with Gasteiger partial charge in [0.15, 0.2) is 0 Å². The van der Waals surface area contributed by atoms with Crippen LogP contribution in [0.25, 0.3) is 0 Å². The van der Waals surface area contributed by atoms with Crippen LogP contribution >= 0.6 is 0 Å². The van der Waals surface area contributed by atoms with Crippen LogP contribution in [0.15, 0.2) is 0 Å². The van der Waals surface area contributed by atoms with Crippen LogP contribution in [0.1, 0.15) is 59.3 Å². The highest BCUT2D eigenvalue weighted by Gasteiger charge is 2.56. The van der Waals surface area contributed by atoms with Gasteiger partial charge < -0.3 is 5.11 Å². The molecule has 98 valence electrons. The van der Waals surface area contributed by atoms with Crippen LogP contribution in [0.4, 0.5) is 0 Å². The van der Waals surface area contributed by atoms with Crippen LogP contribution in [0.3, 0.4) is 0 Å². The van der Waals surface area contributed by atoms with Crippen LogP contribution in [0, 0.1) is 22.7 Å². The highest BCUT2D eigenvalue weighted by atomic mass is 16.3. The number of aliphatic hydroxyl groups excluding tert-OH is 1. The molecule has 0 amide bonds. The van der Waals surface area contributed by atoms with Gasteiger partial charge in [0.2, 0.25) is 0 Å². The third kappa shape index (κ3) is 1.85. The molecule has 17 heavy (non-hydrogen) atoms. The standard InChI is InChI=1S/C15H26O2/c1-11(2)12-6-8-15(10-16)7-4-5-13(17)14(15,3)9-12/h11-12,16H,4-10H2,1-3H3/t12-,14+,15+/m1/s1. The third-order valence-electron chi connectivity index (χ3n) is 5.75. The Bertz CT molecular complexity index is 310. The molecule has 3 atom stereocenters. The molecule has 0 bridgehead atoms. The molecule has 0 aromatic heterocycles. The van der Waals surface area contributed by atoms with Crippen LogP contribution in [-0.2, 0) is 4.79 Å². The Morgan fingerprint density at radius 2 is 2.12 bits per heavy atom. The summed E-state index contributed by atoms with van der Waals surface area (Å²) in [6.45, 7) is 6.83. The van der Waals surface area contributed by atoms with E-state index in [2.05, 4.69) is 20.8 Å². The first kappa shape index (κ1) is 13.1. The summed E-state index contributed by atoms with van der Waals surface area (Å²) >= 11 is 0. The Kier molecular flexibility index (Phi) is 3.37. The van der Waals surface area contributed by atoms with E-state index < -0.39 is 0 Å². The van der Waals surface area contributed by atoms with Crippen LogP contribution in [0.5, 0.6) is 0 Å². The second-order valence-corrected chi connectivity index (χ2v) is 6.79. The number of carbonyl (C=O) groups excluding carboxylic acids is 1. The van der Waals surface area contributed by atoms with Gasteiger partial charge in [-0.2, -0.15) is 0 Å². The van der Waals surface area contributed by atoms with Gasteiger partial charge in [0.1, 0.15) is 5.78 Å². The predicted octanol–water partition coefficient (Wildman–Crippen LogP) is 3.18. The van der Waals surface area contributed by atoms with E-state index in [9.17, 15) is 9.90 Å². The zero-order chi connectivity index (χ0) is 12.7. The molecule has 2 aliphatic carbocycles. The van der Waals surface area contributed by atoms with Crippen molar-refractivity contribution in [3.05, 3.63) is 0 Å². The molecule has 2 saturated carbocycles. The number of fused-ring (bicyclic) bond motifs is 1. The lowest BCUT2D eigenvalue weighted by atomic mass is 9.48. The summed E-state index contributed by atoms with van der Waals surface area (Å²) in [6, 6.07) is 0. The van der Waals surface area contributed by atoms with Gasteiger partial charge >= 0.3 is 0 Å². The Labute approximate surface area is 105 Å². The number of rotatable bonds is 2. The number of carbonyl (C=O) groups is 1. The minimum Gasteiger partial charge on any atom is -0.396 e. The van der Waals surface area contributed by atoms with E-state index in [0.717, 1.165) is 32.1 Å². The maximum absolute atomic E-state index is 12.4. The van der Waals surface area contributed by atoms with Crippen LogP contribution in [0.2, 0.25) is 0 Å². The fourth-order valence-electron chi connectivity index (χ4n) is 4.16. The Balaban J connectivity index is 2.30. The van der Waals surface area contributed by atoms with Crippen molar-refractivity contribution in [1.82, 2.24) is 0 Å². The minimum absolute atomic E-state index is 0.103. The second-order valence-electron chi connectivity index (χ2n) is 6.79. The fraction of sp³-hybridized carbons (Fsp3) is 0.933. The van der Waals surface area contributed by atoms with Crippen molar-refractivity contribution in [3.63, 3.8) is 0 Å². The van der Waals surface area contributed by atoms with Crippen molar-refractivity contribution >= 4 is 5.78 Å². The van der Waals surface area contributed by atoms with Crippen LogP contribution in [-0.4, -0.2) is 17.5 Å². The number of hydrogen-bond donors (Lipinski definition) is 1. The SMILES string of the molecule is CC(C)[C@@H]1CC[C@]2(CO)CCCC(=O)[C@]2(C)C1. The second kappa shape index (κ2) is 4.38. The van der Waals surface area contributed by atoms with Crippen LogP contribution < -0.4 is 0 Å². The molecular weight excluding hydrogens is 212 g/mol. The third-order valence-corrected chi connectivity index (χ3v) is 5.75. The molecule has 0 unspecified atom stereocenters. The van der Waals surface area contributed by atoms with Gasteiger partial charge in [0.25, 0.3) is 0 Å². The molecule has 0 heterocycles. The summed E-state index contributed by atoms with van der Waals surface area (Å²) in [7, 11) is 0. The zero-order valence-electron chi connectivity index (χ0n) is 11.5. The molecule has 0 aromatic rings. The monoisotopic (exact) mass is 238 g/mol. The molecule has 2 heteroatoms. The number of hydrogen-bond acceptors (Lipinski definition) is 2. The molecule has 0 radical (unpaired) electrons. The first-order valence-corrected chi connectivity index (χ1v) is 7.09. The summed E-state index contributed by atoms with van der Waals surface area (Å²) in [5.41, 5.74) is -0.360. The summed E-state index contributed by atoms with van der Waals surface area (Å²) < 4.78 is 0. The molecule has 1 N–H and O–H groups in total. The van der Waals surface area contributed by atoms with E-state index in [1.807, 2.05) is 0 Å². The van der Waals surface area contributed by atoms with E-state index in [1.54, 1.807) is 0 Å². The zero-order valence-corrected chi connectivity index (χ0v) is 11.5. The molecule has 2 nitrogen and oxygen atoms in total. The molecule has 2 rings (SSSR count). The van der Waals surface area contributed by atoms with E-state index in [1.165, 1.54) is 6.42 Å². The van der Waals surface area contributed by atoms with E-state index in [-0.39, 0.29) is 17.4 Å². The molecule has 2 aliphatic rings. The van der Waals surface area contributed by atoms with Gasteiger partial charge in [-0.1, -0.05) is 20.8 Å². The summed E-state index contributed by atoms with van der Waals surface area (Å²) in [5, 5.41) is 9.83. The lowest BCUT2D eigenvalue weighted by Crippen LogP contribution is -2.54. The summed E-state index contributed by atoms with van der Waals surface area (Å²) in [4.78, 5) is 12.4. The Hall–Kier alpha value is -0.370. The van der Waals surface area contributed by atoms with Crippen molar-refractivity contribution < 1.29 is 9.90 Å². The van der Waals surface area contributed by atoms with Crippen molar-refractivity contribution in [2.45, 2.75) is 59.3 Å². The number of ketones is 1. The van der Waals surface area contributed by atoms with Crippen molar-refractivity contribution in [2.24, 2.45) is 22.7 Å². The van der Waals surface area contributed by atoms with Crippen molar-refractivity contribution in [2.75, 3.05) is 6.61 Å². The van der Waals surface area contributed by atoms with Gasteiger partial charge in [0.05, 0.1) is 0 Å². The molecular formula is C15H26O2.